The molecule has 0 bridgehead atoms. The van der Waals surface area contributed by atoms with Crippen LogP contribution < -0.4 is 5.32 Å². The molecule has 1 fully saturated rings. The fraction of sp³-hybridized carbons (Fsp3) is 0.500. The second kappa shape index (κ2) is 4.71. The highest BCUT2D eigenvalue weighted by atomic mass is 16.4. The van der Waals surface area contributed by atoms with Gasteiger partial charge in [-0.25, -0.2) is 0 Å². The Hall–Kier alpha value is -1.62. The van der Waals surface area contributed by atoms with Gasteiger partial charge in [0.05, 0.1) is 6.26 Å². The molecule has 2 aromatic rings. The van der Waals surface area contributed by atoms with E-state index in [9.17, 15) is 0 Å². The summed E-state index contributed by atoms with van der Waals surface area (Å²) in [7, 11) is 0. The number of hydrogen-bond donors (Lipinski definition) is 1. The minimum absolute atomic E-state index is 0.459. The molecule has 90 valence electrons. The molecule has 1 aliphatic heterocycles. The molecule has 2 aromatic heterocycles. The summed E-state index contributed by atoms with van der Waals surface area (Å²) in [5, 5.41) is 11.5. The zero-order valence-electron chi connectivity index (χ0n) is 9.56. The predicted octanol–water partition coefficient (Wildman–Crippen LogP) is 2.01. The fourth-order valence-electron chi connectivity index (χ4n) is 2.14. The quantitative estimate of drug-likeness (QED) is 0.878. The molecule has 1 aliphatic rings. The molecular weight excluding hydrogens is 218 g/mol. The van der Waals surface area contributed by atoms with Gasteiger partial charge in [-0.15, -0.1) is 10.2 Å². The largest absolute Gasteiger partial charge is 0.459 e. The van der Waals surface area contributed by atoms with Gasteiger partial charge in [0.25, 0.3) is 5.89 Å². The van der Waals surface area contributed by atoms with Crippen molar-refractivity contribution in [3.05, 3.63) is 24.3 Å². The normalized spacial score (nSPS) is 20.6. The van der Waals surface area contributed by atoms with Crippen molar-refractivity contribution >= 4 is 0 Å². The molecular formula is C12H15N3O2. The lowest BCUT2D eigenvalue weighted by molar-refractivity contribution is 0.367. The van der Waals surface area contributed by atoms with Crippen LogP contribution >= 0.6 is 0 Å². The van der Waals surface area contributed by atoms with Crippen LogP contribution in [-0.2, 0) is 6.42 Å². The topological polar surface area (TPSA) is 64.1 Å². The van der Waals surface area contributed by atoms with Crippen LogP contribution in [0, 0.1) is 0 Å². The Morgan fingerprint density at radius 1 is 1.35 bits per heavy atom. The Labute approximate surface area is 99.2 Å². The molecule has 1 atom stereocenters. The number of furan rings is 1. The van der Waals surface area contributed by atoms with Gasteiger partial charge in [0.1, 0.15) is 0 Å². The van der Waals surface area contributed by atoms with Gasteiger partial charge in [0, 0.05) is 12.5 Å². The standard InChI is InChI=1S/C12H15N3O2/c1-2-6-13-9(4-1)8-11-14-15-12(17-11)10-5-3-7-16-10/h3,5,7,9,13H,1-2,4,6,8H2. The molecule has 5 heteroatoms. The molecule has 0 radical (unpaired) electrons. The Morgan fingerprint density at radius 3 is 3.12 bits per heavy atom. The molecule has 0 saturated carbocycles. The van der Waals surface area contributed by atoms with Crippen molar-refractivity contribution in [1.82, 2.24) is 15.5 Å². The third kappa shape index (κ3) is 2.39. The zero-order valence-corrected chi connectivity index (χ0v) is 9.56. The van der Waals surface area contributed by atoms with E-state index in [1.807, 2.05) is 12.1 Å². The molecule has 1 N–H and O–H groups in total. The summed E-state index contributed by atoms with van der Waals surface area (Å²) >= 11 is 0. The van der Waals surface area contributed by atoms with Gasteiger partial charge in [-0.05, 0) is 31.5 Å². The van der Waals surface area contributed by atoms with Crippen molar-refractivity contribution in [2.45, 2.75) is 31.7 Å². The lowest BCUT2D eigenvalue weighted by Gasteiger charge is -2.21. The summed E-state index contributed by atoms with van der Waals surface area (Å²) in [5.41, 5.74) is 0. The summed E-state index contributed by atoms with van der Waals surface area (Å²) < 4.78 is 10.8. The van der Waals surface area contributed by atoms with Crippen LogP contribution in [0.25, 0.3) is 11.7 Å². The van der Waals surface area contributed by atoms with Gasteiger partial charge < -0.3 is 14.2 Å². The van der Waals surface area contributed by atoms with E-state index in [0.717, 1.165) is 13.0 Å². The van der Waals surface area contributed by atoms with E-state index in [2.05, 4.69) is 15.5 Å². The highest BCUT2D eigenvalue weighted by Crippen LogP contribution is 2.19. The molecule has 3 heterocycles. The van der Waals surface area contributed by atoms with Crippen molar-refractivity contribution in [2.75, 3.05) is 6.54 Å². The van der Waals surface area contributed by atoms with Crippen molar-refractivity contribution < 1.29 is 8.83 Å². The van der Waals surface area contributed by atoms with E-state index in [-0.39, 0.29) is 0 Å². The zero-order chi connectivity index (χ0) is 11.5. The highest BCUT2D eigenvalue weighted by Gasteiger charge is 2.17. The van der Waals surface area contributed by atoms with Crippen molar-refractivity contribution in [2.24, 2.45) is 0 Å². The highest BCUT2D eigenvalue weighted by molar-refractivity contribution is 5.42. The summed E-state index contributed by atoms with van der Waals surface area (Å²) in [6.45, 7) is 1.09. The third-order valence-electron chi connectivity index (χ3n) is 3.03. The van der Waals surface area contributed by atoms with E-state index in [0.29, 0.717) is 23.6 Å². The minimum atomic E-state index is 0.459. The first kappa shape index (κ1) is 10.5. The second-order valence-electron chi connectivity index (χ2n) is 4.33. The first-order valence-corrected chi connectivity index (χ1v) is 6.01. The number of piperidine rings is 1. The van der Waals surface area contributed by atoms with E-state index in [1.165, 1.54) is 19.3 Å². The van der Waals surface area contributed by atoms with Crippen LogP contribution in [0.4, 0.5) is 0 Å². The van der Waals surface area contributed by atoms with Crippen LogP contribution in [0.15, 0.2) is 27.2 Å². The van der Waals surface area contributed by atoms with Crippen molar-refractivity contribution in [3.63, 3.8) is 0 Å². The Balaban J connectivity index is 1.68. The van der Waals surface area contributed by atoms with Crippen LogP contribution in [0.2, 0.25) is 0 Å². The average Bonchev–Trinajstić information content (AvgIpc) is 3.00. The Kier molecular flexibility index (Phi) is 2.92. The second-order valence-corrected chi connectivity index (χ2v) is 4.33. The van der Waals surface area contributed by atoms with E-state index in [4.69, 9.17) is 8.83 Å². The van der Waals surface area contributed by atoms with Crippen molar-refractivity contribution in [3.8, 4) is 11.7 Å². The fourth-order valence-corrected chi connectivity index (χ4v) is 2.14. The van der Waals surface area contributed by atoms with Gasteiger partial charge in [0.15, 0.2) is 5.76 Å². The molecule has 3 rings (SSSR count). The van der Waals surface area contributed by atoms with E-state index < -0.39 is 0 Å². The van der Waals surface area contributed by atoms with Crippen LogP contribution in [0.3, 0.4) is 0 Å². The number of aromatic nitrogens is 2. The molecule has 0 spiro atoms. The molecule has 0 aliphatic carbocycles. The smallest absolute Gasteiger partial charge is 0.283 e. The lowest BCUT2D eigenvalue weighted by atomic mass is 10.0. The number of hydrogen-bond acceptors (Lipinski definition) is 5. The lowest BCUT2D eigenvalue weighted by Crippen LogP contribution is -2.35. The van der Waals surface area contributed by atoms with Gasteiger partial charge in [0.2, 0.25) is 5.89 Å². The van der Waals surface area contributed by atoms with Gasteiger partial charge in [-0.1, -0.05) is 6.42 Å². The number of nitrogens with one attached hydrogen (secondary N) is 1. The maximum absolute atomic E-state index is 5.57. The van der Waals surface area contributed by atoms with Gasteiger partial charge in [-0.2, -0.15) is 0 Å². The third-order valence-corrected chi connectivity index (χ3v) is 3.03. The number of rotatable bonds is 3. The maximum Gasteiger partial charge on any atom is 0.283 e. The average molecular weight is 233 g/mol. The molecule has 1 unspecified atom stereocenters. The summed E-state index contributed by atoms with van der Waals surface area (Å²) in [4.78, 5) is 0. The predicted molar refractivity (Wildman–Crippen MR) is 61.3 cm³/mol. The Bertz CT molecular complexity index is 458. The first-order valence-electron chi connectivity index (χ1n) is 6.01. The van der Waals surface area contributed by atoms with Crippen molar-refractivity contribution in [1.29, 1.82) is 0 Å². The van der Waals surface area contributed by atoms with Gasteiger partial charge in [-0.3, -0.25) is 0 Å². The molecule has 17 heavy (non-hydrogen) atoms. The Morgan fingerprint density at radius 2 is 2.35 bits per heavy atom. The monoisotopic (exact) mass is 233 g/mol. The summed E-state index contributed by atoms with van der Waals surface area (Å²) in [6, 6.07) is 4.09. The van der Waals surface area contributed by atoms with Crippen LogP contribution in [0.1, 0.15) is 25.2 Å². The van der Waals surface area contributed by atoms with Gasteiger partial charge >= 0.3 is 0 Å². The first-order chi connectivity index (χ1) is 8.42. The van der Waals surface area contributed by atoms with Crippen LogP contribution in [-0.4, -0.2) is 22.8 Å². The minimum Gasteiger partial charge on any atom is -0.459 e. The molecule has 5 nitrogen and oxygen atoms in total. The maximum atomic E-state index is 5.57. The van der Waals surface area contributed by atoms with E-state index in [1.54, 1.807) is 6.26 Å². The molecule has 0 aromatic carbocycles. The van der Waals surface area contributed by atoms with Crippen LogP contribution in [0.5, 0.6) is 0 Å². The SMILES string of the molecule is c1coc(-c2nnc(CC3CCCCN3)o2)c1. The molecule has 0 amide bonds. The number of nitrogens with zero attached hydrogens (tertiary/aromatic N) is 2. The summed E-state index contributed by atoms with van der Waals surface area (Å²) in [6.07, 6.45) is 6.11. The summed E-state index contributed by atoms with van der Waals surface area (Å²) in [5.74, 6) is 1.76. The van der Waals surface area contributed by atoms with E-state index >= 15 is 0 Å². The molecule has 1 saturated heterocycles.